The number of hydrogen-bond acceptors (Lipinski definition) is 3. The van der Waals surface area contributed by atoms with Crippen molar-refractivity contribution in [2.75, 3.05) is 7.05 Å². The van der Waals surface area contributed by atoms with Crippen LogP contribution in [0, 0.1) is 0 Å². The van der Waals surface area contributed by atoms with Crippen LogP contribution < -0.4 is 0 Å². The Bertz CT molecular complexity index is 562. The van der Waals surface area contributed by atoms with E-state index < -0.39 is 17.7 Å². The molecule has 134 valence electrons. The lowest BCUT2D eigenvalue weighted by molar-refractivity contribution is -0.143. The van der Waals surface area contributed by atoms with Crippen molar-refractivity contribution in [2.24, 2.45) is 0 Å². The lowest BCUT2D eigenvalue weighted by Crippen LogP contribution is -2.26. The molecule has 0 saturated carbocycles. The van der Waals surface area contributed by atoms with Gasteiger partial charge < -0.3 is 9.94 Å². The van der Waals surface area contributed by atoms with Crippen LogP contribution in [-0.4, -0.2) is 35.4 Å². The molecule has 1 atom stereocenters. The zero-order valence-electron chi connectivity index (χ0n) is 13.8. The van der Waals surface area contributed by atoms with Gasteiger partial charge in [-0.2, -0.15) is 13.2 Å². The van der Waals surface area contributed by atoms with Gasteiger partial charge in [-0.25, -0.2) is 0 Å². The number of nitrogens with zero attached hydrogens (tertiary/aromatic N) is 1. The highest BCUT2D eigenvalue weighted by atomic mass is 19.4. The molecule has 0 aromatic rings. The molecule has 0 radical (unpaired) electrons. The molecule has 24 heavy (non-hydrogen) atoms. The van der Waals surface area contributed by atoms with Gasteiger partial charge in [-0.1, -0.05) is 23.8 Å². The molecule has 0 saturated heterocycles. The maximum Gasteiger partial charge on any atom is 0.412 e. The highest BCUT2D eigenvalue weighted by Crippen LogP contribution is 2.29. The van der Waals surface area contributed by atoms with Crippen molar-refractivity contribution in [2.45, 2.75) is 44.8 Å². The first-order valence-electron chi connectivity index (χ1n) is 7.51. The van der Waals surface area contributed by atoms with Gasteiger partial charge in [0.25, 0.3) is 0 Å². The number of halogens is 3. The average Bonchev–Trinajstić information content (AvgIpc) is 2.79. The second-order valence-corrected chi connectivity index (χ2v) is 5.63. The fourth-order valence-corrected chi connectivity index (χ4v) is 2.18. The van der Waals surface area contributed by atoms with Crippen molar-refractivity contribution in [3.8, 4) is 0 Å². The molecule has 0 aromatic heterocycles. The highest BCUT2D eigenvalue weighted by molar-refractivity contribution is 5.68. The van der Waals surface area contributed by atoms with E-state index in [4.69, 9.17) is 9.94 Å². The van der Waals surface area contributed by atoms with Gasteiger partial charge in [-0.05, 0) is 25.8 Å². The van der Waals surface area contributed by atoms with Crippen molar-refractivity contribution in [1.29, 1.82) is 0 Å². The summed E-state index contributed by atoms with van der Waals surface area (Å²) in [5.74, 6) is -0.293. The maximum atomic E-state index is 12.8. The van der Waals surface area contributed by atoms with Crippen LogP contribution in [0.1, 0.15) is 32.6 Å². The highest BCUT2D eigenvalue weighted by Gasteiger charge is 2.31. The number of alkyl halides is 3. The molecular weight excluding hydrogens is 323 g/mol. The van der Waals surface area contributed by atoms with Crippen LogP contribution in [0.4, 0.5) is 13.2 Å². The van der Waals surface area contributed by atoms with Crippen LogP contribution in [0.3, 0.4) is 0 Å². The summed E-state index contributed by atoms with van der Waals surface area (Å²) in [6.07, 6.45) is 1.83. The lowest BCUT2D eigenvalue weighted by atomic mass is 10.1. The Hall–Kier alpha value is -2.02. The molecule has 1 aliphatic rings. The first-order valence-corrected chi connectivity index (χ1v) is 7.51. The summed E-state index contributed by atoms with van der Waals surface area (Å²) < 4.78 is 38.3. The van der Waals surface area contributed by atoms with Crippen molar-refractivity contribution >= 4 is 5.97 Å². The monoisotopic (exact) mass is 345 g/mol. The van der Waals surface area contributed by atoms with Gasteiger partial charge in [-0.15, -0.1) is 11.6 Å². The lowest BCUT2D eigenvalue weighted by Gasteiger charge is -2.16. The van der Waals surface area contributed by atoms with E-state index >= 15 is 0 Å². The number of aliphatic carboxylic acids is 1. The quantitative estimate of drug-likeness (QED) is 0.524. The zero-order valence-corrected chi connectivity index (χ0v) is 13.8. The van der Waals surface area contributed by atoms with Gasteiger partial charge in [0.15, 0.2) is 0 Å². The van der Waals surface area contributed by atoms with E-state index in [2.05, 4.69) is 6.58 Å². The molecule has 0 bridgehead atoms. The molecule has 0 aromatic carbocycles. The zero-order chi connectivity index (χ0) is 18.3. The Labute approximate surface area is 139 Å². The van der Waals surface area contributed by atoms with Crippen LogP contribution in [0.2, 0.25) is 0 Å². The standard InChI is InChI=1S/C17H22F3NO3/c1-4-5-13(17(18,19)20)8-6-12(2)7-9-15-10-14(11-16(22)23)21(3)24-15/h4,6,8,10,14H,1,5,7,9,11H2,2-3H3,(H,22,23)/b12-6+,13-8+. The topological polar surface area (TPSA) is 49.8 Å². The Morgan fingerprint density at radius 2 is 2.12 bits per heavy atom. The summed E-state index contributed by atoms with van der Waals surface area (Å²) in [6, 6.07) is -0.328. The first kappa shape index (κ1) is 20.0. The van der Waals surface area contributed by atoms with E-state index in [-0.39, 0.29) is 18.9 Å². The summed E-state index contributed by atoms with van der Waals surface area (Å²) in [7, 11) is 1.65. The second-order valence-electron chi connectivity index (χ2n) is 5.63. The maximum absolute atomic E-state index is 12.8. The van der Waals surface area contributed by atoms with Crippen LogP contribution in [0.15, 0.2) is 47.8 Å². The largest absolute Gasteiger partial charge is 0.481 e. The molecule has 1 unspecified atom stereocenters. The second kappa shape index (κ2) is 8.73. The van der Waals surface area contributed by atoms with E-state index in [0.29, 0.717) is 18.6 Å². The van der Waals surface area contributed by atoms with E-state index in [1.807, 2.05) is 0 Å². The Morgan fingerprint density at radius 1 is 1.46 bits per heavy atom. The molecule has 0 spiro atoms. The summed E-state index contributed by atoms with van der Waals surface area (Å²) in [5, 5.41) is 10.3. The molecule has 1 N–H and O–H groups in total. The Morgan fingerprint density at radius 3 is 2.67 bits per heavy atom. The van der Waals surface area contributed by atoms with Gasteiger partial charge in [0.1, 0.15) is 5.76 Å². The predicted octanol–water partition coefficient (Wildman–Crippen LogP) is 4.38. The molecular formula is C17H22F3NO3. The van der Waals surface area contributed by atoms with Crippen LogP contribution in [0.5, 0.6) is 0 Å². The molecule has 0 aliphatic carbocycles. The Kier molecular flexibility index (Phi) is 7.28. The first-order chi connectivity index (χ1) is 11.1. The van der Waals surface area contributed by atoms with Gasteiger partial charge in [0, 0.05) is 19.0 Å². The third kappa shape index (κ3) is 6.62. The number of hydroxylamine groups is 2. The minimum Gasteiger partial charge on any atom is -0.481 e. The minimum absolute atomic E-state index is 0.0615. The fraction of sp³-hybridized carbons (Fsp3) is 0.471. The minimum atomic E-state index is -4.37. The third-order valence-electron chi connectivity index (χ3n) is 3.55. The Balaban J connectivity index is 2.63. The number of hydrogen-bond donors (Lipinski definition) is 1. The van der Waals surface area contributed by atoms with Crippen molar-refractivity contribution < 1.29 is 27.9 Å². The van der Waals surface area contributed by atoms with E-state index in [1.54, 1.807) is 20.0 Å². The number of carboxylic acid groups (broad SMARTS) is 1. The number of allylic oxidation sites excluding steroid dienone is 6. The van der Waals surface area contributed by atoms with Gasteiger partial charge in [0.05, 0.1) is 12.5 Å². The van der Waals surface area contributed by atoms with E-state index in [0.717, 1.165) is 11.6 Å². The van der Waals surface area contributed by atoms with Crippen LogP contribution in [-0.2, 0) is 9.63 Å². The van der Waals surface area contributed by atoms with Gasteiger partial charge >= 0.3 is 12.1 Å². The van der Waals surface area contributed by atoms with Gasteiger partial charge in [0.2, 0.25) is 0 Å². The molecule has 1 aliphatic heterocycles. The number of rotatable bonds is 8. The smallest absolute Gasteiger partial charge is 0.412 e. The van der Waals surface area contributed by atoms with Crippen molar-refractivity contribution in [1.82, 2.24) is 5.06 Å². The van der Waals surface area contributed by atoms with E-state index in [1.165, 1.54) is 17.2 Å². The average molecular weight is 345 g/mol. The molecule has 7 heteroatoms. The molecule has 0 amide bonds. The third-order valence-corrected chi connectivity index (χ3v) is 3.55. The van der Waals surface area contributed by atoms with Gasteiger partial charge in [-0.3, -0.25) is 4.79 Å². The number of likely N-dealkylation sites (N-methyl/N-ethyl adjacent to an activating group) is 1. The van der Waals surface area contributed by atoms with Crippen LogP contribution in [0.25, 0.3) is 0 Å². The molecule has 1 rings (SSSR count). The predicted molar refractivity (Wildman–Crippen MR) is 84.9 cm³/mol. The van der Waals surface area contributed by atoms with Crippen molar-refractivity contribution in [3.63, 3.8) is 0 Å². The molecule has 1 heterocycles. The van der Waals surface area contributed by atoms with E-state index in [9.17, 15) is 18.0 Å². The molecule has 0 fully saturated rings. The normalized spacial score (nSPS) is 19.9. The summed E-state index contributed by atoms with van der Waals surface area (Å²) >= 11 is 0. The van der Waals surface area contributed by atoms with Crippen LogP contribution >= 0.6 is 0 Å². The number of carbonyl (C=O) groups is 1. The summed E-state index contributed by atoms with van der Waals surface area (Å²) in [5.41, 5.74) is 0.129. The fourth-order valence-electron chi connectivity index (χ4n) is 2.18. The summed E-state index contributed by atoms with van der Waals surface area (Å²) in [6.45, 7) is 5.07. The number of carboxylic acids is 1. The molecule has 4 nitrogen and oxygen atoms in total. The summed E-state index contributed by atoms with van der Waals surface area (Å²) in [4.78, 5) is 16.2. The van der Waals surface area contributed by atoms with Crippen molar-refractivity contribution in [3.05, 3.63) is 47.8 Å². The SMILES string of the molecule is C=CC/C(=C\C=C(/C)CCC1=CC(CC(=O)O)N(C)O1)C(F)(F)F.